The van der Waals surface area contributed by atoms with E-state index in [9.17, 15) is 14.7 Å². The SMILES string of the molecule is CCC(=O)[C@H]1CC[C@H](N(C(=O)O)C(C)(C)C)CC1. The van der Waals surface area contributed by atoms with Crippen LogP contribution in [0.3, 0.4) is 0 Å². The van der Waals surface area contributed by atoms with Crippen molar-refractivity contribution in [2.75, 3.05) is 0 Å². The summed E-state index contributed by atoms with van der Waals surface area (Å²) < 4.78 is 0. The second kappa shape index (κ2) is 5.72. The first-order valence-electron chi connectivity index (χ1n) is 6.82. The van der Waals surface area contributed by atoms with Gasteiger partial charge in [0.15, 0.2) is 0 Å². The van der Waals surface area contributed by atoms with Crippen LogP contribution in [0.5, 0.6) is 0 Å². The minimum Gasteiger partial charge on any atom is -0.465 e. The van der Waals surface area contributed by atoms with Crippen molar-refractivity contribution in [2.45, 2.75) is 71.4 Å². The Balaban J connectivity index is 2.66. The van der Waals surface area contributed by atoms with Gasteiger partial charge in [-0.3, -0.25) is 4.79 Å². The van der Waals surface area contributed by atoms with Crippen molar-refractivity contribution < 1.29 is 14.7 Å². The number of nitrogens with zero attached hydrogens (tertiary/aromatic N) is 1. The molecule has 0 aliphatic heterocycles. The molecule has 0 aromatic heterocycles. The summed E-state index contributed by atoms with van der Waals surface area (Å²) in [6.07, 6.45) is 3.01. The Kier molecular flexibility index (Phi) is 4.77. The lowest BCUT2D eigenvalue weighted by molar-refractivity contribution is -0.123. The second-order valence-corrected chi connectivity index (χ2v) is 6.15. The maximum atomic E-state index is 11.6. The Morgan fingerprint density at radius 2 is 1.67 bits per heavy atom. The van der Waals surface area contributed by atoms with Gasteiger partial charge in [-0.05, 0) is 46.5 Å². The molecule has 0 radical (unpaired) electrons. The lowest BCUT2D eigenvalue weighted by Gasteiger charge is -2.42. The summed E-state index contributed by atoms with van der Waals surface area (Å²) in [5.41, 5.74) is -0.377. The summed E-state index contributed by atoms with van der Waals surface area (Å²) in [6.45, 7) is 7.66. The van der Waals surface area contributed by atoms with Gasteiger partial charge in [0.2, 0.25) is 0 Å². The van der Waals surface area contributed by atoms with E-state index in [4.69, 9.17) is 0 Å². The van der Waals surface area contributed by atoms with Gasteiger partial charge in [-0.15, -0.1) is 0 Å². The molecule has 0 aromatic carbocycles. The lowest BCUT2D eigenvalue weighted by atomic mass is 9.81. The standard InChI is InChI=1S/C14H25NO3/c1-5-12(16)10-6-8-11(9-7-10)15(13(17)18)14(2,3)4/h10-11H,5-9H2,1-4H3,(H,17,18)/t10-,11-. The summed E-state index contributed by atoms with van der Waals surface area (Å²) in [7, 11) is 0. The zero-order valence-electron chi connectivity index (χ0n) is 11.9. The van der Waals surface area contributed by atoms with E-state index in [2.05, 4.69) is 0 Å². The topological polar surface area (TPSA) is 57.6 Å². The average Bonchev–Trinajstić information content (AvgIpc) is 2.26. The Morgan fingerprint density at radius 1 is 1.17 bits per heavy atom. The highest BCUT2D eigenvalue weighted by molar-refractivity contribution is 5.80. The highest BCUT2D eigenvalue weighted by Gasteiger charge is 2.36. The molecular weight excluding hydrogens is 230 g/mol. The normalized spacial score (nSPS) is 24.7. The van der Waals surface area contributed by atoms with Crippen LogP contribution in [-0.2, 0) is 4.79 Å². The summed E-state index contributed by atoms with van der Waals surface area (Å²) in [6, 6.07) is 0.0587. The van der Waals surface area contributed by atoms with Crippen LogP contribution in [0.2, 0.25) is 0 Å². The fourth-order valence-electron chi connectivity index (χ4n) is 2.94. The third kappa shape index (κ3) is 3.47. The van der Waals surface area contributed by atoms with Crippen LogP contribution in [0, 0.1) is 5.92 Å². The third-order valence-electron chi connectivity index (χ3n) is 3.79. The monoisotopic (exact) mass is 255 g/mol. The number of carbonyl (C=O) groups is 2. The van der Waals surface area contributed by atoms with Crippen molar-refractivity contribution >= 4 is 11.9 Å². The molecule has 0 heterocycles. The van der Waals surface area contributed by atoms with Crippen LogP contribution in [-0.4, -0.2) is 33.5 Å². The zero-order valence-corrected chi connectivity index (χ0v) is 11.9. The fourth-order valence-corrected chi connectivity index (χ4v) is 2.94. The molecule has 0 spiro atoms. The number of rotatable bonds is 3. The van der Waals surface area contributed by atoms with Crippen molar-refractivity contribution in [1.29, 1.82) is 0 Å². The molecule has 1 aliphatic carbocycles. The molecule has 1 fully saturated rings. The molecule has 0 bridgehead atoms. The van der Waals surface area contributed by atoms with E-state index < -0.39 is 6.09 Å². The van der Waals surface area contributed by atoms with E-state index >= 15 is 0 Å². The number of hydrogen-bond donors (Lipinski definition) is 1. The molecule has 0 unspecified atom stereocenters. The molecule has 104 valence electrons. The van der Waals surface area contributed by atoms with Crippen molar-refractivity contribution in [3.05, 3.63) is 0 Å². The van der Waals surface area contributed by atoms with Crippen LogP contribution in [0.25, 0.3) is 0 Å². The van der Waals surface area contributed by atoms with Crippen LogP contribution >= 0.6 is 0 Å². The van der Waals surface area contributed by atoms with Gasteiger partial charge in [-0.25, -0.2) is 4.79 Å². The maximum Gasteiger partial charge on any atom is 0.407 e. The largest absolute Gasteiger partial charge is 0.465 e. The Labute approximate surface area is 109 Å². The minimum absolute atomic E-state index is 0.0587. The van der Waals surface area contributed by atoms with Crippen molar-refractivity contribution in [2.24, 2.45) is 5.92 Å². The number of amides is 1. The smallest absolute Gasteiger partial charge is 0.407 e. The Hall–Kier alpha value is -1.06. The molecule has 0 aromatic rings. The molecule has 1 rings (SSSR count). The van der Waals surface area contributed by atoms with Crippen LogP contribution in [0.15, 0.2) is 0 Å². The molecule has 1 N–H and O–H groups in total. The lowest BCUT2D eigenvalue weighted by Crippen LogP contribution is -2.52. The Bertz CT molecular complexity index is 311. The molecule has 4 nitrogen and oxygen atoms in total. The molecular formula is C14H25NO3. The first-order chi connectivity index (χ1) is 8.27. The van der Waals surface area contributed by atoms with Gasteiger partial charge in [0, 0.05) is 23.9 Å². The summed E-state index contributed by atoms with van der Waals surface area (Å²) >= 11 is 0. The van der Waals surface area contributed by atoms with Gasteiger partial charge in [0.05, 0.1) is 0 Å². The van der Waals surface area contributed by atoms with E-state index in [-0.39, 0.29) is 17.5 Å². The highest BCUT2D eigenvalue weighted by Crippen LogP contribution is 2.32. The van der Waals surface area contributed by atoms with Crippen molar-refractivity contribution in [3.8, 4) is 0 Å². The molecule has 1 saturated carbocycles. The maximum absolute atomic E-state index is 11.6. The number of hydrogen-bond acceptors (Lipinski definition) is 2. The first-order valence-corrected chi connectivity index (χ1v) is 6.82. The van der Waals surface area contributed by atoms with Crippen molar-refractivity contribution in [1.82, 2.24) is 4.90 Å². The van der Waals surface area contributed by atoms with Gasteiger partial charge in [-0.1, -0.05) is 6.92 Å². The highest BCUT2D eigenvalue weighted by atomic mass is 16.4. The molecule has 0 saturated heterocycles. The molecule has 18 heavy (non-hydrogen) atoms. The van der Waals surface area contributed by atoms with Crippen LogP contribution in [0.4, 0.5) is 4.79 Å². The Morgan fingerprint density at radius 3 is 2.00 bits per heavy atom. The number of carboxylic acid groups (broad SMARTS) is 1. The van der Waals surface area contributed by atoms with Gasteiger partial charge in [0.25, 0.3) is 0 Å². The predicted octanol–water partition coefficient (Wildman–Crippen LogP) is 3.30. The summed E-state index contributed by atoms with van der Waals surface area (Å²) in [5.74, 6) is 0.480. The quantitative estimate of drug-likeness (QED) is 0.841. The first kappa shape index (κ1) is 15.0. The van der Waals surface area contributed by atoms with Crippen molar-refractivity contribution in [3.63, 3.8) is 0 Å². The third-order valence-corrected chi connectivity index (χ3v) is 3.79. The van der Waals surface area contributed by atoms with Gasteiger partial charge in [0.1, 0.15) is 5.78 Å². The predicted molar refractivity (Wildman–Crippen MR) is 70.7 cm³/mol. The second-order valence-electron chi connectivity index (χ2n) is 6.15. The summed E-state index contributed by atoms with van der Waals surface area (Å²) in [4.78, 5) is 24.6. The molecule has 1 aliphatic rings. The molecule has 0 atom stereocenters. The molecule has 1 amide bonds. The van der Waals surface area contributed by atoms with Gasteiger partial charge < -0.3 is 10.0 Å². The molecule has 4 heteroatoms. The van der Waals surface area contributed by atoms with Gasteiger partial charge in [-0.2, -0.15) is 0 Å². The minimum atomic E-state index is -0.854. The summed E-state index contributed by atoms with van der Waals surface area (Å²) in [5, 5.41) is 9.34. The van der Waals surface area contributed by atoms with E-state index in [1.807, 2.05) is 27.7 Å². The van der Waals surface area contributed by atoms with Crippen LogP contribution in [0.1, 0.15) is 59.8 Å². The number of ketones is 1. The number of carbonyl (C=O) groups excluding carboxylic acids is 1. The van der Waals surface area contributed by atoms with Gasteiger partial charge >= 0.3 is 6.09 Å². The average molecular weight is 255 g/mol. The van der Waals surface area contributed by atoms with E-state index in [0.29, 0.717) is 12.2 Å². The van der Waals surface area contributed by atoms with E-state index in [1.165, 1.54) is 0 Å². The number of Topliss-reactive ketones (excluding diaryl/α,β-unsaturated/α-hetero) is 1. The fraction of sp³-hybridized carbons (Fsp3) is 0.857. The van der Waals surface area contributed by atoms with E-state index in [1.54, 1.807) is 4.90 Å². The zero-order chi connectivity index (χ0) is 13.9. The van der Waals surface area contributed by atoms with E-state index in [0.717, 1.165) is 25.7 Å². The van der Waals surface area contributed by atoms with Crippen LogP contribution < -0.4 is 0 Å².